The number of amides is 2. The Kier molecular flexibility index (Phi) is 7.66. The molecule has 1 aromatic rings. The fourth-order valence-corrected chi connectivity index (χ4v) is 6.85. The van der Waals surface area contributed by atoms with Gasteiger partial charge >= 0.3 is 0 Å². The summed E-state index contributed by atoms with van der Waals surface area (Å²) in [6.45, 7) is 2.92. The van der Waals surface area contributed by atoms with Crippen molar-refractivity contribution in [2.45, 2.75) is 44.7 Å². The summed E-state index contributed by atoms with van der Waals surface area (Å²) in [5, 5.41) is 11.8. The molecular formula is C23H29ClFN5O4S. The number of nitrogens with zero attached hydrogens (tertiary/aromatic N) is 4. The number of benzene rings is 1. The van der Waals surface area contributed by atoms with Gasteiger partial charge in [0, 0.05) is 32.7 Å². The van der Waals surface area contributed by atoms with Crippen LogP contribution in [0.5, 0.6) is 0 Å². The van der Waals surface area contributed by atoms with E-state index in [0.29, 0.717) is 44.3 Å². The molecule has 0 aromatic heterocycles. The van der Waals surface area contributed by atoms with E-state index >= 15 is 0 Å². The number of hydrogen-bond donors (Lipinski definition) is 1. The van der Waals surface area contributed by atoms with E-state index in [4.69, 9.17) is 16.9 Å². The van der Waals surface area contributed by atoms with Crippen molar-refractivity contribution in [3.8, 4) is 6.07 Å². The van der Waals surface area contributed by atoms with Crippen LogP contribution in [0.15, 0.2) is 18.2 Å². The molecule has 0 radical (unpaired) electrons. The quantitative estimate of drug-likeness (QED) is 0.610. The van der Waals surface area contributed by atoms with Crippen LogP contribution in [0.1, 0.15) is 44.2 Å². The zero-order chi connectivity index (χ0) is 25.3. The molecule has 3 fully saturated rings. The predicted octanol–water partition coefficient (Wildman–Crippen LogP) is 2.06. The molecule has 3 aliphatic heterocycles. The lowest BCUT2D eigenvalue weighted by Gasteiger charge is -2.41. The van der Waals surface area contributed by atoms with Gasteiger partial charge in [0.15, 0.2) is 0 Å². The van der Waals surface area contributed by atoms with E-state index in [9.17, 15) is 22.4 Å². The number of likely N-dealkylation sites (tertiary alicyclic amines) is 1. The molecule has 1 N–H and O–H groups in total. The van der Waals surface area contributed by atoms with E-state index in [1.54, 1.807) is 17.9 Å². The molecule has 190 valence electrons. The first-order valence-electron chi connectivity index (χ1n) is 11.8. The minimum Gasteiger partial charge on any atom is -0.348 e. The van der Waals surface area contributed by atoms with Gasteiger partial charge in [0.05, 0.1) is 29.0 Å². The first-order chi connectivity index (χ1) is 16.6. The fourth-order valence-electron chi connectivity index (χ4n) is 4.94. The Morgan fingerprint density at radius 2 is 1.89 bits per heavy atom. The number of piperidine rings is 1. The second-order valence-electron chi connectivity index (χ2n) is 9.44. The molecule has 4 rings (SSSR count). The lowest BCUT2D eigenvalue weighted by molar-refractivity contribution is -0.142. The summed E-state index contributed by atoms with van der Waals surface area (Å²) in [5.41, 5.74) is 0.564. The van der Waals surface area contributed by atoms with Crippen molar-refractivity contribution in [2.75, 3.05) is 32.7 Å². The van der Waals surface area contributed by atoms with Gasteiger partial charge in [-0.3, -0.25) is 9.59 Å². The molecule has 0 aliphatic carbocycles. The monoisotopic (exact) mass is 525 g/mol. The van der Waals surface area contributed by atoms with Gasteiger partial charge in [-0.25, -0.2) is 4.39 Å². The van der Waals surface area contributed by atoms with Gasteiger partial charge in [-0.05, 0) is 50.3 Å². The standard InChI is InChI=1S/C23H29ClFN5O4S/c1-15(17-6-7-19(24)20(25)10-17)27-22(31)21-5-3-9-30(21)23(32)18-4-2-8-28(14-18)35(33,34)29-12-16(11-26)13-29/h6-7,10,15-16,18,21H,2-5,8-9,12-14H2,1H3,(H,27,31)/t15-,18+,21-/m1/s1. The lowest BCUT2D eigenvalue weighted by Crippen LogP contribution is -2.57. The van der Waals surface area contributed by atoms with Crippen LogP contribution in [0.25, 0.3) is 0 Å². The van der Waals surface area contributed by atoms with Crippen LogP contribution in [0, 0.1) is 29.0 Å². The highest BCUT2D eigenvalue weighted by atomic mass is 35.5. The highest BCUT2D eigenvalue weighted by Gasteiger charge is 2.44. The van der Waals surface area contributed by atoms with Gasteiger partial charge < -0.3 is 10.2 Å². The van der Waals surface area contributed by atoms with Crippen molar-refractivity contribution in [3.63, 3.8) is 0 Å². The molecule has 3 heterocycles. The second kappa shape index (κ2) is 10.4. The summed E-state index contributed by atoms with van der Waals surface area (Å²) < 4.78 is 42.2. The highest BCUT2D eigenvalue weighted by molar-refractivity contribution is 7.86. The predicted molar refractivity (Wildman–Crippen MR) is 127 cm³/mol. The molecule has 12 heteroatoms. The first kappa shape index (κ1) is 25.8. The molecule has 0 bridgehead atoms. The zero-order valence-corrected chi connectivity index (χ0v) is 21.1. The first-order valence-corrected chi connectivity index (χ1v) is 13.6. The number of carbonyl (C=O) groups excluding carboxylic acids is 2. The zero-order valence-electron chi connectivity index (χ0n) is 19.5. The number of hydrogen-bond acceptors (Lipinski definition) is 5. The van der Waals surface area contributed by atoms with Crippen LogP contribution < -0.4 is 5.32 Å². The van der Waals surface area contributed by atoms with Crippen molar-refractivity contribution in [1.82, 2.24) is 18.8 Å². The molecule has 0 unspecified atom stereocenters. The number of carbonyl (C=O) groups is 2. The summed E-state index contributed by atoms with van der Waals surface area (Å²) in [4.78, 5) is 28.0. The van der Waals surface area contributed by atoms with E-state index < -0.39 is 34.0 Å². The van der Waals surface area contributed by atoms with Gasteiger partial charge in [-0.1, -0.05) is 17.7 Å². The number of nitrogens with one attached hydrogen (secondary N) is 1. The third-order valence-electron chi connectivity index (χ3n) is 7.06. The number of nitriles is 1. The lowest BCUT2D eigenvalue weighted by atomic mass is 9.97. The number of rotatable bonds is 6. The van der Waals surface area contributed by atoms with Gasteiger partial charge in [0.25, 0.3) is 10.2 Å². The van der Waals surface area contributed by atoms with E-state index in [0.717, 1.165) is 0 Å². The summed E-state index contributed by atoms with van der Waals surface area (Å²) in [7, 11) is -3.72. The molecule has 3 atom stereocenters. The minimum absolute atomic E-state index is 0.00220. The van der Waals surface area contributed by atoms with Gasteiger partial charge in [0.1, 0.15) is 11.9 Å². The van der Waals surface area contributed by atoms with Crippen molar-refractivity contribution in [1.29, 1.82) is 5.26 Å². The van der Waals surface area contributed by atoms with Crippen LogP contribution in [-0.2, 0) is 19.8 Å². The minimum atomic E-state index is -3.72. The maximum atomic E-state index is 13.8. The average molecular weight is 526 g/mol. The van der Waals surface area contributed by atoms with Crippen LogP contribution in [0.2, 0.25) is 5.02 Å². The van der Waals surface area contributed by atoms with Crippen LogP contribution in [-0.4, -0.2) is 72.5 Å². The fraction of sp³-hybridized carbons (Fsp3) is 0.609. The Morgan fingerprint density at radius 1 is 1.17 bits per heavy atom. The summed E-state index contributed by atoms with van der Waals surface area (Å²) in [6, 6.07) is 5.29. The van der Waals surface area contributed by atoms with Crippen molar-refractivity contribution >= 4 is 33.6 Å². The highest BCUT2D eigenvalue weighted by Crippen LogP contribution is 2.29. The Bertz CT molecular complexity index is 1140. The normalized spacial score (nSPS) is 25.0. The third kappa shape index (κ3) is 5.31. The smallest absolute Gasteiger partial charge is 0.282 e. The topological polar surface area (TPSA) is 114 Å². The largest absolute Gasteiger partial charge is 0.348 e. The summed E-state index contributed by atoms with van der Waals surface area (Å²) >= 11 is 5.74. The molecule has 3 aliphatic rings. The second-order valence-corrected chi connectivity index (χ2v) is 11.8. The molecular weight excluding hydrogens is 497 g/mol. The SMILES string of the molecule is C[C@@H](NC(=O)[C@H]1CCCN1C(=O)[C@H]1CCCN(S(=O)(=O)N2CC(C#N)C2)C1)c1ccc(Cl)c(F)c1. The number of halogens is 2. The molecule has 35 heavy (non-hydrogen) atoms. The van der Waals surface area contributed by atoms with Crippen LogP contribution in [0.4, 0.5) is 4.39 Å². The average Bonchev–Trinajstić information content (AvgIpc) is 3.29. The van der Waals surface area contributed by atoms with E-state index in [2.05, 4.69) is 11.4 Å². The van der Waals surface area contributed by atoms with Crippen LogP contribution in [0.3, 0.4) is 0 Å². The molecule has 9 nitrogen and oxygen atoms in total. The van der Waals surface area contributed by atoms with Crippen molar-refractivity contribution < 1.29 is 22.4 Å². The molecule has 3 saturated heterocycles. The van der Waals surface area contributed by atoms with Gasteiger partial charge in [-0.15, -0.1) is 0 Å². The van der Waals surface area contributed by atoms with Crippen molar-refractivity contribution in [3.05, 3.63) is 34.6 Å². The van der Waals surface area contributed by atoms with E-state index in [1.807, 2.05) is 0 Å². The Hall–Kier alpha value is -2.26. The van der Waals surface area contributed by atoms with E-state index in [-0.39, 0.29) is 42.4 Å². The molecule has 0 spiro atoms. The Morgan fingerprint density at radius 3 is 2.57 bits per heavy atom. The summed E-state index contributed by atoms with van der Waals surface area (Å²) in [5.74, 6) is -1.92. The maximum Gasteiger partial charge on any atom is 0.282 e. The van der Waals surface area contributed by atoms with Gasteiger partial charge in [-0.2, -0.15) is 22.3 Å². The Labute approximate surface area is 210 Å². The molecule has 0 saturated carbocycles. The van der Waals surface area contributed by atoms with Crippen LogP contribution >= 0.6 is 11.6 Å². The third-order valence-corrected chi connectivity index (χ3v) is 9.30. The Balaban J connectivity index is 1.39. The van der Waals surface area contributed by atoms with Gasteiger partial charge in [0.2, 0.25) is 11.8 Å². The van der Waals surface area contributed by atoms with E-state index in [1.165, 1.54) is 20.7 Å². The molecule has 2 amide bonds. The maximum absolute atomic E-state index is 13.8. The molecule has 1 aromatic carbocycles. The summed E-state index contributed by atoms with van der Waals surface area (Å²) in [6.07, 6.45) is 2.29. The van der Waals surface area contributed by atoms with Crippen molar-refractivity contribution in [2.24, 2.45) is 11.8 Å².